The molecule has 4 aromatic rings. The SMILES string of the molecule is COC(=O)c1cnc(Cl)cn1.Cc1cn2cc(NC(=O)c3cnc(N4CC[C@@H](N(C)C5CC5)C4)cn3)cc(F)c2n1. The molecule has 1 atom stereocenters. The van der Waals surface area contributed by atoms with E-state index in [2.05, 4.69) is 51.8 Å². The topological polar surface area (TPSA) is 131 Å². The number of pyridine rings is 1. The summed E-state index contributed by atoms with van der Waals surface area (Å²) in [6.07, 6.45) is 12.7. The molecule has 1 amide bonds. The Bertz CT molecular complexity index is 1540. The van der Waals surface area contributed by atoms with E-state index < -0.39 is 17.7 Å². The predicted molar refractivity (Wildman–Crippen MR) is 150 cm³/mol. The molecule has 0 bridgehead atoms. The molecule has 0 aromatic carbocycles. The van der Waals surface area contributed by atoms with Gasteiger partial charge in [0.25, 0.3) is 5.91 Å². The zero-order valence-electron chi connectivity index (χ0n) is 22.8. The summed E-state index contributed by atoms with van der Waals surface area (Å²) in [5, 5.41) is 2.93. The Morgan fingerprint density at radius 2 is 1.80 bits per heavy atom. The van der Waals surface area contributed by atoms with Gasteiger partial charge in [-0.1, -0.05) is 11.6 Å². The first-order valence-electron chi connectivity index (χ1n) is 13.0. The first-order chi connectivity index (χ1) is 19.7. The summed E-state index contributed by atoms with van der Waals surface area (Å²) in [5.74, 6) is -0.673. The number of fused-ring (bicyclic) bond motifs is 1. The number of anilines is 2. The molecule has 1 aliphatic heterocycles. The smallest absolute Gasteiger partial charge is 0.358 e. The van der Waals surface area contributed by atoms with Gasteiger partial charge in [0.15, 0.2) is 17.2 Å². The predicted octanol–water partition coefficient (Wildman–Crippen LogP) is 3.41. The summed E-state index contributed by atoms with van der Waals surface area (Å²) < 4.78 is 20.2. The summed E-state index contributed by atoms with van der Waals surface area (Å²) in [5.41, 5.74) is 1.60. The minimum atomic E-state index is -0.519. The summed E-state index contributed by atoms with van der Waals surface area (Å²) in [6, 6.07) is 2.53. The van der Waals surface area contributed by atoms with E-state index in [0.29, 0.717) is 17.4 Å². The number of rotatable bonds is 6. The first-order valence-corrected chi connectivity index (χ1v) is 13.4. The van der Waals surface area contributed by atoms with Crippen molar-refractivity contribution in [2.24, 2.45) is 0 Å². The Balaban J connectivity index is 0.000000259. The number of aromatic nitrogens is 6. The van der Waals surface area contributed by atoms with Crippen LogP contribution in [0.3, 0.4) is 0 Å². The second-order valence-electron chi connectivity index (χ2n) is 9.90. The third kappa shape index (κ3) is 6.74. The van der Waals surface area contributed by atoms with Crippen LogP contribution in [0.2, 0.25) is 5.15 Å². The molecule has 0 unspecified atom stereocenters. The van der Waals surface area contributed by atoms with Gasteiger partial charge in [-0.15, -0.1) is 0 Å². The minimum absolute atomic E-state index is 0.150. The molecular formula is C27H29ClFN9O3. The maximum atomic E-state index is 14.2. The lowest BCUT2D eigenvalue weighted by atomic mass is 10.2. The number of nitrogens with zero attached hydrogens (tertiary/aromatic N) is 8. The van der Waals surface area contributed by atoms with Gasteiger partial charge in [0.2, 0.25) is 0 Å². The molecular weight excluding hydrogens is 553 g/mol. The van der Waals surface area contributed by atoms with Gasteiger partial charge in [-0.25, -0.2) is 34.1 Å². The van der Waals surface area contributed by atoms with Gasteiger partial charge in [-0.2, -0.15) is 0 Å². The van der Waals surface area contributed by atoms with Crippen LogP contribution in [0.25, 0.3) is 5.65 Å². The second kappa shape index (κ2) is 12.1. The van der Waals surface area contributed by atoms with Gasteiger partial charge < -0.3 is 19.4 Å². The van der Waals surface area contributed by atoms with Crippen molar-refractivity contribution in [1.29, 1.82) is 0 Å². The molecule has 1 saturated carbocycles. The zero-order valence-corrected chi connectivity index (χ0v) is 23.5. The van der Waals surface area contributed by atoms with Crippen LogP contribution in [-0.4, -0.2) is 85.4 Å². The number of esters is 1. The largest absolute Gasteiger partial charge is 0.464 e. The fourth-order valence-corrected chi connectivity index (χ4v) is 4.73. The third-order valence-electron chi connectivity index (χ3n) is 6.96. The van der Waals surface area contributed by atoms with E-state index in [0.717, 1.165) is 31.4 Å². The number of carbonyl (C=O) groups is 2. The number of ether oxygens (including phenoxy) is 1. The van der Waals surface area contributed by atoms with Gasteiger partial charge in [0, 0.05) is 43.6 Å². The molecule has 1 saturated heterocycles. The van der Waals surface area contributed by atoms with E-state index in [1.807, 2.05) is 0 Å². The number of imidazole rings is 1. The number of amides is 1. The Morgan fingerprint density at radius 3 is 2.46 bits per heavy atom. The first kappa shape index (κ1) is 28.3. The molecule has 0 spiro atoms. The van der Waals surface area contributed by atoms with E-state index in [4.69, 9.17) is 11.6 Å². The number of hydrogen-bond acceptors (Lipinski definition) is 10. The lowest BCUT2D eigenvalue weighted by molar-refractivity contribution is 0.0593. The fourth-order valence-electron chi connectivity index (χ4n) is 4.63. The van der Waals surface area contributed by atoms with Crippen LogP contribution >= 0.6 is 11.6 Å². The number of hydrogen-bond donors (Lipinski definition) is 1. The zero-order chi connectivity index (χ0) is 29.1. The van der Waals surface area contributed by atoms with Gasteiger partial charge in [0.1, 0.15) is 16.7 Å². The molecule has 14 heteroatoms. The van der Waals surface area contributed by atoms with E-state index in [1.165, 1.54) is 44.6 Å². The highest BCUT2D eigenvalue weighted by Crippen LogP contribution is 2.30. The summed E-state index contributed by atoms with van der Waals surface area (Å²) in [4.78, 5) is 48.2. The van der Waals surface area contributed by atoms with Crippen LogP contribution < -0.4 is 10.2 Å². The Kier molecular flexibility index (Phi) is 8.36. The molecule has 214 valence electrons. The van der Waals surface area contributed by atoms with Crippen molar-refractivity contribution in [3.63, 3.8) is 0 Å². The highest BCUT2D eigenvalue weighted by Gasteiger charge is 2.35. The number of nitrogens with one attached hydrogen (secondary N) is 1. The van der Waals surface area contributed by atoms with Gasteiger partial charge in [0.05, 0.1) is 43.3 Å². The Labute approximate surface area is 240 Å². The van der Waals surface area contributed by atoms with Crippen LogP contribution in [0.5, 0.6) is 0 Å². The van der Waals surface area contributed by atoms with Crippen molar-refractivity contribution in [3.05, 3.63) is 71.3 Å². The van der Waals surface area contributed by atoms with Crippen LogP contribution in [0.4, 0.5) is 15.9 Å². The quantitative estimate of drug-likeness (QED) is 0.338. The molecule has 12 nitrogen and oxygen atoms in total. The molecule has 41 heavy (non-hydrogen) atoms. The molecule has 2 aliphatic rings. The van der Waals surface area contributed by atoms with E-state index in [1.54, 1.807) is 29.9 Å². The van der Waals surface area contributed by atoms with Crippen molar-refractivity contribution >= 4 is 40.6 Å². The van der Waals surface area contributed by atoms with Crippen molar-refractivity contribution in [2.75, 3.05) is 37.5 Å². The van der Waals surface area contributed by atoms with Gasteiger partial charge >= 0.3 is 5.97 Å². The third-order valence-corrected chi connectivity index (χ3v) is 7.15. The molecule has 1 N–H and O–H groups in total. The lowest BCUT2D eigenvalue weighted by Crippen LogP contribution is -2.36. The standard InChI is InChI=1S/C21H24FN7O.C6H5ClN2O2/c1-13-10-29-11-14(7-17(22)20(29)25-13)26-21(30)18-8-24-19(9-23-18)28-6-5-16(12-28)27(2)15-3-4-15;1-11-6(10)4-2-9-5(7)3-8-4/h7-11,15-16H,3-6,12H2,1-2H3,(H,26,30);2-3H,1H3/t16-;/m1./s1. The summed E-state index contributed by atoms with van der Waals surface area (Å²) >= 11 is 5.43. The van der Waals surface area contributed by atoms with Crippen LogP contribution in [0.15, 0.2) is 43.2 Å². The van der Waals surface area contributed by atoms with Crippen molar-refractivity contribution < 1.29 is 18.7 Å². The molecule has 6 rings (SSSR count). The molecule has 4 aromatic heterocycles. The molecule has 0 radical (unpaired) electrons. The fraction of sp³-hybridized carbons (Fsp3) is 0.370. The maximum absolute atomic E-state index is 14.2. The van der Waals surface area contributed by atoms with Crippen molar-refractivity contribution in [3.8, 4) is 0 Å². The minimum Gasteiger partial charge on any atom is -0.464 e. The molecule has 5 heterocycles. The Morgan fingerprint density at radius 1 is 1.05 bits per heavy atom. The lowest BCUT2D eigenvalue weighted by Gasteiger charge is -2.24. The normalized spacial score (nSPS) is 16.4. The van der Waals surface area contributed by atoms with E-state index >= 15 is 0 Å². The van der Waals surface area contributed by atoms with E-state index in [-0.39, 0.29) is 22.2 Å². The number of methoxy groups -OCH3 is 1. The van der Waals surface area contributed by atoms with Crippen LogP contribution in [-0.2, 0) is 4.74 Å². The average Bonchev–Trinajstić information content (AvgIpc) is 3.57. The van der Waals surface area contributed by atoms with E-state index in [9.17, 15) is 14.0 Å². The monoisotopic (exact) mass is 581 g/mol. The highest BCUT2D eigenvalue weighted by molar-refractivity contribution is 6.29. The molecule has 1 aliphatic carbocycles. The highest BCUT2D eigenvalue weighted by atomic mass is 35.5. The van der Waals surface area contributed by atoms with Gasteiger partial charge in [-0.3, -0.25) is 9.69 Å². The average molecular weight is 582 g/mol. The summed E-state index contributed by atoms with van der Waals surface area (Å²) in [7, 11) is 3.48. The maximum Gasteiger partial charge on any atom is 0.358 e. The van der Waals surface area contributed by atoms with Crippen LogP contribution in [0.1, 0.15) is 45.9 Å². The van der Waals surface area contributed by atoms with Crippen molar-refractivity contribution in [2.45, 2.75) is 38.3 Å². The molecule has 2 fully saturated rings. The number of aryl methyl sites for hydroxylation is 1. The second-order valence-corrected chi connectivity index (χ2v) is 10.3. The van der Waals surface area contributed by atoms with Gasteiger partial charge in [-0.05, 0) is 33.2 Å². The Hall–Kier alpha value is -4.23. The summed E-state index contributed by atoms with van der Waals surface area (Å²) in [6.45, 7) is 3.65. The van der Waals surface area contributed by atoms with Crippen LogP contribution in [0, 0.1) is 12.7 Å². The number of carbonyl (C=O) groups excluding carboxylic acids is 2. The number of likely N-dealkylation sites (N-methyl/N-ethyl adjacent to an activating group) is 1. The van der Waals surface area contributed by atoms with Crippen molar-refractivity contribution in [1.82, 2.24) is 34.2 Å². The number of halogens is 2.